The fourth-order valence-electron chi connectivity index (χ4n) is 3.05. The van der Waals surface area contributed by atoms with Gasteiger partial charge < -0.3 is 15.3 Å². The molecule has 0 aromatic heterocycles. The average molecular weight is 360 g/mol. The molecule has 1 aromatic rings. The Balaban J connectivity index is 1.82. The van der Waals surface area contributed by atoms with Crippen LogP contribution in [-0.2, 0) is 20.8 Å². The number of aliphatic carboxylic acids is 1. The van der Waals surface area contributed by atoms with Gasteiger partial charge in [0.2, 0.25) is 11.8 Å². The van der Waals surface area contributed by atoms with E-state index in [-0.39, 0.29) is 17.7 Å². The van der Waals surface area contributed by atoms with Crippen molar-refractivity contribution in [2.75, 3.05) is 19.6 Å². The summed E-state index contributed by atoms with van der Waals surface area (Å²) in [4.78, 5) is 37.7. The third-order valence-electron chi connectivity index (χ3n) is 4.97. The number of amides is 2. The summed E-state index contributed by atoms with van der Waals surface area (Å²) in [5.74, 6) is -1.15. The lowest BCUT2D eigenvalue weighted by molar-refractivity contribution is -0.147. The van der Waals surface area contributed by atoms with Crippen molar-refractivity contribution < 1.29 is 19.5 Å². The van der Waals surface area contributed by atoms with Gasteiger partial charge >= 0.3 is 5.97 Å². The zero-order chi connectivity index (χ0) is 19.2. The molecule has 1 atom stereocenters. The van der Waals surface area contributed by atoms with Crippen molar-refractivity contribution in [2.24, 2.45) is 11.3 Å². The van der Waals surface area contributed by atoms with Gasteiger partial charge in [-0.3, -0.25) is 14.4 Å². The Kier molecular flexibility index (Phi) is 6.77. The van der Waals surface area contributed by atoms with Crippen molar-refractivity contribution in [1.82, 2.24) is 10.2 Å². The minimum Gasteiger partial charge on any atom is -0.481 e. The molecule has 1 aliphatic rings. The third-order valence-corrected chi connectivity index (χ3v) is 4.97. The first kappa shape index (κ1) is 19.9. The Labute approximate surface area is 154 Å². The molecule has 6 heteroatoms. The molecule has 1 unspecified atom stereocenters. The number of carboxylic acids is 1. The first-order valence-corrected chi connectivity index (χ1v) is 9.12. The summed E-state index contributed by atoms with van der Waals surface area (Å²) >= 11 is 0. The molecule has 1 aromatic carbocycles. The van der Waals surface area contributed by atoms with E-state index in [1.54, 1.807) is 18.7 Å². The number of piperidine rings is 1. The second-order valence-corrected chi connectivity index (χ2v) is 7.57. The number of nitrogens with one attached hydrogen (secondary N) is 1. The van der Waals surface area contributed by atoms with Crippen molar-refractivity contribution in [1.29, 1.82) is 0 Å². The number of hydrogen-bond donors (Lipinski definition) is 2. The van der Waals surface area contributed by atoms with Crippen LogP contribution in [0.4, 0.5) is 0 Å². The molecule has 1 saturated heterocycles. The normalized spacial score (nSPS) is 17.6. The molecule has 26 heavy (non-hydrogen) atoms. The Bertz CT molecular complexity index is 642. The Morgan fingerprint density at radius 1 is 1.23 bits per heavy atom. The Hall–Kier alpha value is -2.37. The maximum absolute atomic E-state index is 12.5. The van der Waals surface area contributed by atoms with Crippen LogP contribution in [0, 0.1) is 11.3 Å². The van der Waals surface area contributed by atoms with Crippen molar-refractivity contribution in [3.63, 3.8) is 0 Å². The minimum absolute atomic E-state index is 0.0423. The topological polar surface area (TPSA) is 86.7 Å². The molecule has 0 saturated carbocycles. The quantitative estimate of drug-likeness (QED) is 0.779. The predicted molar refractivity (Wildman–Crippen MR) is 98.5 cm³/mol. The first-order valence-electron chi connectivity index (χ1n) is 9.12. The number of likely N-dealkylation sites (tertiary alicyclic amines) is 1. The van der Waals surface area contributed by atoms with Gasteiger partial charge in [-0.2, -0.15) is 0 Å². The lowest BCUT2D eigenvalue weighted by Crippen LogP contribution is -2.46. The van der Waals surface area contributed by atoms with Crippen LogP contribution in [0.15, 0.2) is 30.3 Å². The van der Waals surface area contributed by atoms with Gasteiger partial charge in [-0.05, 0) is 38.7 Å². The molecule has 2 amide bonds. The Morgan fingerprint density at radius 3 is 2.58 bits per heavy atom. The number of hydrogen-bond acceptors (Lipinski definition) is 3. The van der Waals surface area contributed by atoms with E-state index >= 15 is 0 Å². The molecule has 1 aliphatic heterocycles. The number of carbonyl (C=O) groups excluding carboxylic acids is 2. The summed E-state index contributed by atoms with van der Waals surface area (Å²) < 4.78 is 0. The van der Waals surface area contributed by atoms with Crippen molar-refractivity contribution in [3.8, 4) is 0 Å². The average Bonchev–Trinajstić information content (AvgIpc) is 2.62. The SMILES string of the molecule is CC(C)(CCNC(=O)C1CCCN(C(=O)Cc2ccccc2)C1)C(=O)O. The van der Waals surface area contributed by atoms with E-state index in [1.165, 1.54) is 0 Å². The summed E-state index contributed by atoms with van der Waals surface area (Å²) in [7, 11) is 0. The summed E-state index contributed by atoms with van der Waals surface area (Å²) in [6, 6.07) is 9.59. The molecule has 2 rings (SSSR count). The van der Waals surface area contributed by atoms with Crippen LogP contribution >= 0.6 is 0 Å². The highest BCUT2D eigenvalue weighted by atomic mass is 16.4. The highest BCUT2D eigenvalue weighted by Gasteiger charge is 2.30. The lowest BCUT2D eigenvalue weighted by atomic mass is 9.89. The molecule has 2 N–H and O–H groups in total. The molecule has 0 spiro atoms. The highest BCUT2D eigenvalue weighted by Crippen LogP contribution is 2.21. The van der Waals surface area contributed by atoms with Crippen LogP contribution in [0.2, 0.25) is 0 Å². The summed E-state index contributed by atoms with van der Waals surface area (Å²) in [5.41, 5.74) is 0.109. The van der Waals surface area contributed by atoms with Crippen LogP contribution in [0.25, 0.3) is 0 Å². The van der Waals surface area contributed by atoms with Crippen LogP contribution in [0.1, 0.15) is 38.7 Å². The number of carbonyl (C=O) groups is 3. The molecule has 1 heterocycles. The fourth-order valence-corrected chi connectivity index (χ4v) is 3.05. The van der Waals surface area contributed by atoms with Gasteiger partial charge in [-0.15, -0.1) is 0 Å². The van der Waals surface area contributed by atoms with Gasteiger partial charge in [-0.25, -0.2) is 0 Å². The zero-order valence-corrected chi connectivity index (χ0v) is 15.5. The first-order chi connectivity index (χ1) is 12.3. The zero-order valence-electron chi connectivity index (χ0n) is 15.5. The summed E-state index contributed by atoms with van der Waals surface area (Å²) in [5, 5.41) is 11.9. The van der Waals surface area contributed by atoms with Gasteiger partial charge in [0.1, 0.15) is 0 Å². The van der Waals surface area contributed by atoms with E-state index in [0.717, 1.165) is 18.4 Å². The molecular formula is C20H28N2O4. The van der Waals surface area contributed by atoms with E-state index in [2.05, 4.69) is 5.32 Å². The molecule has 142 valence electrons. The van der Waals surface area contributed by atoms with E-state index < -0.39 is 11.4 Å². The third kappa shape index (κ3) is 5.58. The minimum atomic E-state index is -0.873. The van der Waals surface area contributed by atoms with Gasteiger partial charge in [-0.1, -0.05) is 30.3 Å². The van der Waals surface area contributed by atoms with Crippen LogP contribution in [-0.4, -0.2) is 47.4 Å². The van der Waals surface area contributed by atoms with Crippen molar-refractivity contribution in [2.45, 2.75) is 39.5 Å². The maximum Gasteiger partial charge on any atom is 0.309 e. The number of benzene rings is 1. The van der Waals surface area contributed by atoms with Crippen LogP contribution in [0.3, 0.4) is 0 Å². The Morgan fingerprint density at radius 2 is 1.92 bits per heavy atom. The maximum atomic E-state index is 12.5. The second-order valence-electron chi connectivity index (χ2n) is 7.57. The smallest absolute Gasteiger partial charge is 0.309 e. The lowest BCUT2D eigenvalue weighted by Gasteiger charge is -2.32. The van der Waals surface area contributed by atoms with E-state index in [9.17, 15) is 14.4 Å². The summed E-state index contributed by atoms with van der Waals surface area (Å²) in [6.45, 7) is 4.73. The molecule has 0 radical (unpaired) electrons. The van der Waals surface area contributed by atoms with E-state index in [0.29, 0.717) is 32.5 Å². The number of carboxylic acid groups (broad SMARTS) is 1. The molecular weight excluding hydrogens is 332 g/mol. The number of rotatable bonds is 7. The number of nitrogens with zero attached hydrogens (tertiary/aromatic N) is 1. The standard InChI is InChI=1S/C20H28N2O4/c1-20(2,19(25)26)10-11-21-18(24)16-9-6-12-22(14-16)17(23)13-15-7-4-3-5-8-15/h3-5,7-8,16H,6,9-14H2,1-2H3,(H,21,24)(H,25,26). The van der Waals surface area contributed by atoms with E-state index in [1.807, 2.05) is 30.3 Å². The highest BCUT2D eigenvalue weighted by molar-refractivity contribution is 5.82. The van der Waals surface area contributed by atoms with Gasteiger partial charge in [0.15, 0.2) is 0 Å². The summed E-state index contributed by atoms with van der Waals surface area (Å²) in [6.07, 6.45) is 2.28. The van der Waals surface area contributed by atoms with Crippen molar-refractivity contribution in [3.05, 3.63) is 35.9 Å². The van der Waals surface area contributed by atoms with Crippen LogP contribution < -0.4 is 5.32 Å². The van der Waals surface area contributed by atoms with E-state index in [4.69, 9.17) is 5.11 Å². The van der Waals surface area contributed by atoms with Crippen molar-refractivity contribution >= 4 is 17.8 Å². The monoisotopic (exact) mass is 360 g/mol. The predicted octanol–water partition coefficient (Wildman–Crippen LogP) is 2.08. The fraction of sp³-hybridized carbons (Fsp3) is 0.550. The molecule has 1 fully saturated rings. The van der Waals surface area contributed by atoms with Gasteiger partial charge in [0, 0.05) is 19.6 Å². The molecule has 6 nitrogen and oxygen atoms in total. The second kappa shape index (κ2) is 8.83. The van der Waals surface area contributed by atoms with Gasteiger partial charge in [0.25, 0.3) is 0 Å². The van der Waals surface area contributed by atoms with Gasteiger partial charge in [0.05, 0.1) is 17.8 Å². The largest absolute Gasteiger partial charge is 0.481 e. The molecule has 0 aliphatic carbocycles. The van der Waals surface area contributed by atoms with Crippen LogP contribution in [0.5, 0.6) is 0 Å². The molecule has 0 bridgehead atoms.